The second-order valence-corrected chi connectivity index (χ2v) is 9.73. The van der Waals surface area contributed by atoms with E-state index in [4.69, 9.17) is 23.2 Å². The molecule has 1 N–H and O–H groups in total. The fourth-order valence-electron chi connectivity index (χ4n) is 4.55. The fourth-order valence-corrected chi connectivity index (χ4v) is 4.85. The number of carbonyl (C=O) groups excluding carboxylic acids is 2. The molecule has 30 heavy (non-hydrogen) atoms. The number of hydrogen-bond donors (Lipinski definition) is 1. The van der Waals surface area contributed by atoms with Crippen LogP contribution in [0.25, 0.3) is 0 Å². The molecule has 1 aromatic carbocycles. The molecule has 5 nitrogen and oxygen atoms in total. The quantitative estimate of drug-likeness (QED) is 0.662. The second-order valence-electron chi connectivity index (χ2n) is 8.92. The first-order valence-corrected chi connectivity index (χ1v) is 11.9. The van der Waals surface area contributed by atoms with E-state index >= 15 is 0 Å². The molecule has 2 fully saturated rings. The van der Waals surface area contributed by atoms with Crippen LogP contribution in [0.1, 0.15) is 56.3 Å². The Balaban J connectivity index is 1.61. The van der Waals surface area contributed by atoms with Crippen LogP contribution in [0.3, 0.4) is 0 Å². The van der Waals surface area contributed by atoms with Crippen LogP contribution in [0.4, 0.5) is 0 Å². The van der Waals surface area contributed by atoms with Gasteiger partial charge in [-0.3, -0.25) is 14.5 Å². The summed E-state index contributed by atoms with van der Waals surface area (Å²) in [5.74, 6) is 1.12. The van der Waals surface area contributed by atoms with E-state index in [2.05, 4.69) is 24.1 Å². The highest BCUT2D eigenvalue weighted by Gasteiger charge is 2.37. The molecule has 0 aromatic heterocycles. The van der Waals surface area contributed by atoms with Crippen molar-refractivity contribution in [1.29, 1.82) is 0 Å². The van der Waals surface area contributed by atoms with Crippen LogP contribution in [0.2, 0.25) is 10.0 Å². The highest BCUT2D eigenvalue weighted by atomic mass is 35.5. The first-order valence-electron chi connectivity index (χ1n) is 11.1. The zero-order valence-electron chi connectivity index (χ0n) is 18.0. The lowest BCUT2D eigenvalue weighted by Gasteiger charge is -2.40. The van der Waals surface area contributed by atoms with Gasteiger partial charge in [0.2, 0.25) is 5.91 Å². The Bertz CT molecular complexity index is 742. The maximum absolute atomic E-state index is 13.1. The van der Waals surface area contributed by atoms with E-state index in [9.17, 15) is 9.59 Å². The van der Waals surface area contributed by atoms with Crippen molar-refractivity contribution in [2.45, 2.75) is 52.0 Å². The first kappa shape index (κ1) is 23.4. The summed E-state index contributed by atoms with van der Waals surface area (Å²) in [4.78, 5) is 30.1. The van der Waals surface area contributed by atoms with E-state index < -0.39 is 0 Å². The van der Waals surface area contributed by atoms with E-state index in [-0.39, 0.29) is 17.9 Å². The number of benzene rings is 1. The molecule has 0 radical (unpaired) electrons. The molecule has 1 heterocycles. The van der Waals surface area contributed by atoms with E-state index in [0.29, 0.717) is 53.6 Å². The minimum absolute atomic E-state index is 0.0352. The summed E-state index contributed by atoms with van der Waals surface area (Å²) in [6.07, 6.45) is 5.64. The second kappa shape index (κ2) is 10.8. The molecule has 1 aliphatic heterocycles. The van der Waals surface area contributed by atoms with Gasteiger partial charge in [-0.25, -0.2) is 0 Å². The zero-order valence-corrected chi connectivity index (χ0v) is 19.5. The van der Waals surface area contributed by atoms with Crippen molar-refractivity contribution in [2.75, 3.05) is 32.7 Å². The zero-order chi connectivity index (χ0) is 21.7. The minimum atomic E-state index is -0.0816. The van der Waals surface area contributed by atoms with Crippen LogP contribution < -0.4 is 5.32 Å². The van der Waals surface area contributed by atoms with Gasteiger partial charge in [-0.2, -0.15) is 0 Å². The molecule has 1 aliphatic carbocycles. The third-order valence-electron chi connectivity index (χ3n) is 6.30. The number of piperazine rings is 1. The highest BCUT2D eigenvalue weighted by Crippen LogP contribution is 2.31. The van der Waals surface area contributed by atoms with E-state index in [1.165, 1.54) is 12.8 Å². The Labute approximate surface area is 190 Å². The predicted molar refractivity (Wildman–Crippen MR) is 122 cm³/mol. The van der Waals surface area contributed by atoms with Gasteiger partial charge in [0.25, 0.3) is 5.91 Å². The molecule has 1 atom stereocenters. The van der Waals surface area contributed by atoms with Crippen molar-refractivity contribution in [3.05, 3.63) is 33.8 Å². The van der Waals surface area contributed by atoms with Crippen molar-refractivity contribution >= 4 is 35.0 Å². The van der Waals surface area contributed by atoms with Gasteiger partial charge < -0.3 is 10.2 Å². The summed E-state index contributed by atoms with van der Waals surface area (Å²) < 4.78 is 0. The van der Waals surface area contributed by atoms with Gasteiger partial charge in [0.15, 0.2) is 0 Å². The van der Waals surface area contributed by atoms with Crippen LogP contribution in [0, 0.1) is 11.8 Å². The van der Waals surface area contributed by atoms with Crippen molar-refractivity contribution in [2.24, 2.45) is 11.8 Å². The molecule has 0 bridgehead atoms. The van der Waals surface area contributed by atoms with Crippen LogP contribution in [-0.2, 0) is 4.79 Å². The molecule has 0 spiro atoms. The Morgan fingerprint density at radius 1 is 1.07 bits per heavy atom. The molecule has 1 saturated heterocycles. The van der Waals surface area contributed by atoms with Gasteiger partial charge in [0, 0.05) is 38.3 Å². The molecule has 166 valence electrons. The molecule has 7 heteroatoms. The van der Waals surface area contributed by atoms with E-state index in [1.807, 2.05) is 4.90 Å². The van der Waals surface area contributed by atoms with Gasteiger partial charge in [-0.05, 0) is 49.3 Å². The summed E-state index contributed by atoms with van der Waals surface area (Å²) in [6, 6.07) is 4.92. The average Bonchev–Trinajstić information content (AvgIpc) is 3.24. The smallest absolute Gasteiger partial charge is 0.253 e. The van der Waals surface area contributed by atoms with Crippen LogP contribution in [-0.4, -0.2) is 60.4 Å². The highest BCUT2D eigenvalue weighted by molar-refractivity contribution is 6.42. The van der Waals surface area contributed by atoms with Gasteiger partial charge in [0.05, 0.1) is 16.1 Å². The maximum atomic E-state index is 13.1. The van der Waals surface area contributed by atoms with Crippen LogP contribution in [0.15, 0.2) is 18.2 Å². The summed E-state index contributed by atoms with van der Waals surface area (Å²) in [7, 11) is 0. The number of rotatable bonds is 7. The Morgan fingerprint density at radius 2 is 1.73 bits per heavy atom. The summed E-state index contributed by atoms with van der Waals surface area (Å²) in [6.45, 7) is 7.73. The average molecular weight is 454 g/mol. The Kier molecular flexibility index (Phi) is 8.44. The summed E-state index contributed by atoms with van der Waals surface area (Å²) >= 11 is 12.0. The Morgan fingerprint density at radius 3 is 2.33 bits per heavy atom. The van der Waals surface area contributed by atoms with Gasteiger partial charge in [-0.1, -0.05) is 49.9 Å². The van der Waals surface area contributed by atoms with Gasteiger partial charge in [0.1, 0.15) is 0 Å². The molecule has 1 aromatic rings. The van der Waals surface area contributed by atoms with Crippen LogP contribution >= 0.6 is 23.2 Å². The Hall–Kier alpha value is -1.30. The number of nitrogens with zero attached hydrogens (tertiary/aromatic N) is 2. The third kappa shape index (κ3) is 5.89. The van der Waals surface area contributed by atoms with E-state index in [0.717, 1.165) is 25.8 Å². The molecule has 0 unspecified atom stereocenters. The summed E-state index contributed by atoms with van der Waals surface area (Å²) in [5, 5.41) is 4.01. The number of hydrogen-bond acceptors (Lipinski definition) is 3. The SMILES string of the molecule is CC(C)CCNC(=O)[C@H](C1CCCC1)N1CCN(C(=O)c2ccc(Cl)c(Cl)c2)CC1. The van der Waals surface area contributed by atoms with Crippen molar-refractivity contribution in [1.82, 2.24) is 15.1 Å². The number of amides is 2. The lowest BCUT2D eigenvalue weighted by Crippen LogP contribution is -2.58. The standard InChI is InChI=1S/C23H33Cl2N3O2/c1-16(2)9-10-26-22(29)21(17-5-3-4-6-17)27-11-13-28(14-12-27)23(30)18-7-8-19(24)20(25)15-18/h7-8,15-17,21H,3-6,9-14H2,1-2H3,(H,26,29)/t21-/m0/s1. The molecular weight excluding hydrogens is 421 g/mol. The van der Waals surface area contributed by atoms with Gasteiger partial charge >= 0.3 is 0 Å². The molecular formula is C23H33Cl2N3O2. The van der Waals surface area contributed by atoms with Crippen LogP contribution in [0.5, 0.6) is 0 Å². The van der Waals surface area contributed by atoms with Crippen molar-refractivity contribution in [3.63, 3.8) is 0 Å². The number of nitrogens with one attached hydrogen (secondary N) is 1. The monoisotopic (exact) mass is 453 g/mol. The lowest BCUT2D eigenvalue weighted by atomic mass is 9.94. The molecule has 3 rings (SSSR count). The van der Waals surface area contributed by atoms with E-state index in [1.54, 1.807) is 18.2 Å². The van der Waals surface area contributed by atoms with Crippen molar-refractivity contribution < 1.29 is 9.59 Å². The normalized spacial score (nSPS) is 19.3. The lowest BCUT2D eigenvalue weighted by molar-refractivity contribution is -0.129. The number of halogens is 2. The predicted octanol–water partition coefficient (Wildman–Crippen LogP) is 4.47. The third-order valence-corrected chi connectivity index (χ3v) is 7.04. The molecule has 2 aliphatic rings. The van der Waals surface area contributed by atoms with Crippen molar-refractivity contribution in [3.8, 4) is 0 Å². The molecule has 2 amide bonds. The minimum Gasteiger partial charge on any atom is -0.355 e. The topological polar surface area (TPSA) is 52.7 Å². The number of carbonyl (C=O) groups is 2. The maximum Gasteiger partial charge on any atom is 0.253 e. The molecule has 1 saturated carbocycles. The summed E-state index contributed by atoms with van der Waals surface area (Å²) in [5.41, 5.74) is 0.552. The first-order chi connectivity index (χ1) is 14.4. The largest absolute Gasteiger partial charge is 0.355 e. The fraction of sp³-hybridized carbons (Fsp3) is 0.652. The van der Waals surface area contributed by atoms with Gasteiger partial charge in [-0.15, -0.1) is 0 Å².